The van der Waals surface area contributed by atoms with Crippen LogP contribution >= 0.6 is 12.2 Å². The molecule has 0 aliphatic heterocycles. The van der Waals surface area contributed by atoms with E-state index < -0.39 is 0 Å². The van der Waals surface area contributed by atoms with Crippen LogP contribution in [0, 0.1) is 0 Å². The molecule has 0 saturated heterocycles. The van der Waals surface area contributed by atoms with Gasteiger partial charge < -0.3 is 15.8 Å². The van der Waals surface area contributed by atoms with Gasteiger partial charge in [-0.1, -0.05) is 25.2 Å². The van der Waals surface area contributed by atoms with Crippen LogP contribution < -0.4 is 15.8 Å². The molecule has 5 nitrogen and oxygen atoms in total. The molecule has 0 fully saturated rings. The van der Waals surface area contributed by atoms with Crippen LogP contribution in [0.3, 0.4) is 0 Å². The van der Waals surface area contributed by atoms with E-state index in [1.807, 2.05) is 18.2 Å². The summed E-state index contributed by atoms with van der Waals surface area (Å²) in [7, 11) is 3.24. The van der Waals surface area contributed by atoms with E-state index in [4.69, 9.17) is 22.7 Å². The minimum Gasteiger partial charge on any atom is -0.496 e. The molecule has 0 saturated carbocycles. The molecule has 0 aromatic heterocycles. The van der Waals surface area contributed by atoms with Crippen molar-refractivity contribution in [3.8, 4) is 5.75 Å². The number of amides is 1. The van der Waals surface area contributed by atoms with Gasteiger partial charge in [0.05, 0.1) is 19.2 Å². The number of thiocarbonyl (C=S) groups is 1. The van der Waals surface area contributed by atoms with Gasteiger partial charge in [-0.3, -0.25) is 9.69 Å². The Morgan fingerprint density at radius 3 is 2.71 bits per heavy atom. The first-order chi connectivity index (χ1) is 10.0. The lowest BCUT2D eigenvalue weighted by Crippen LogP contribution is -2.35. The van der Waals surface area contributed by atoms with Crippen molar-refractivity contribution in [2.45, 2.75) is 19.9 Å². The van der Waals surface area contributed by atoms with Crippen LogP contribution in [0.5, 0.6) is 5.75 Å². The Hall–Kier alpha value is -1.66. The Morgan fingerprint density at radius 1 is 1.48 bits per heavy atom. The third kappa shape index (κ3) is 5.32. The second-order valence-corrected chi connectivity index (χ2v) is 5.22. The Kier molecular flexibility index (Phi) is 7.11. The van der Waals surface area contributed by atoms with Gasteiger partial charge >= 0.3 is 0 Å². The topological polar surface area (TPSA) is 67.6 Å². The summed E-state index contributed by atoms with van der Waals surface area (Å²) in [5.74, 6) is 0.673. The summed E-state index contributed by atoms with van der Waals surface area (Å²) in [6, 6.07) is 5.74. The zero-order chi connectivity index (χ0) is 15.8. The highest BCUT2D eigenvalue weighted by atomic mass is 32.1. The number of nitrogens with two attached hydrogens (primary N) is 1. The van der Waals surface area contributed by atoms with Crippen molar-refractivity contribution < 1.29 is 9.53 Å². The van der Waals surface area contributed by atoms with E-state index in [-0.39, 0.29) is 5.91 Å². The quantitative estimate of drug-likeness (QED) is 0.708. The molecule has 1 amide bonds. The second-order valence-electron chi connectivity index (χ2n) is 4.78. The monoisotopic (exact) mass is 309 g/mol. The van der Waals surface area contributed by atoms with Gasteiger partial charge in [-0.25, -0.2) is 0 Å². The normalized spacial score (nSPS) is 10.5. The van der Waals surface area contributed by atoms with Crippen LogP contribution in [-0.4, -0.2) is 43.0 Å². The number of benzene rings is 1. The van der Waals surface area contributed by atoms with Gasteiger partial charge in [0.15, 0.2) is 0 Å². The molecule has 3 N–H and O–H groups in total. The first-order valence-corrected chi connectivity index (χ1v) is 7.32. The lowest BCUT2D eigenvalue weighted by atomic mass is 10.1. The van der Waals surface area contributed by atoms with Crippen LogP contribution in [0.1, 0.15) is 24.5 Å². The van der Waals surface area contributed by atoms with Gasteiger partial charge in [-0.2, -0.15) is 0 Å². The van der Waals surface area contributed by atoms with Crippen molar-refractivity contribution in [3.05, 3.63) is 29.3 Å². The lowest BCUT2D eigenvalue weighted by molar-refractivity contribution is -0.121. The summed E-state index contributed by atoms with van der Waals surface area (Å²) < 4.78 is 5.33. The number of hydrogen-bond acceptors (Lipinski definition) is 4. The van der Waals surface area contributed by atoms with E-state index >= 15 is 0 Å². The number of carbonyl (C=O) groups excluding carboxylic acids is 1. The Morgan fingerprint density at radius 2 is 2.19 bits per heavy atom. The molecule has 0 spiro atoms. The van der Waals surface area contributed by atoms with Crippen LogP contribution in [0.2, 0.25) is 0 Å². The number of methoxy groups -OCH3 is 1. The van der Waals surface area contributed by atoms with Gasteiger partial charge in [0, 0.05) is 13.6 Å². The van der Waals surface area contributed by atoms with Gasteiger partial charge in [0.1, 0.15) is 10.7 Å². The summed E-state index contributed by atoms with van der Waals surface area (Å²) >= 11 is 5.00. The number of hydrogen-bond donors (Lipinski definition) is 2. The van der Waals surface area contributed by atoms with Gasteiger partial charge in [-0.05, 0) is 30.7 Å². The molecule has 1 aromatic rings. The maximum absolute atomic E-state index is 11.5. The fourth-order valence-corrected chi connectivity index (χ4v) is 2.28. The van der Waals surface area contributed by atoms with E-state index in [1.54, 1.807) is 14.2 Å². The van der Waals surface area contributed by atoms with Crippen LogP contribution in [0.15, 0.2) is 18.2 Å². The number of ether oxygens (including phenoxy) is 1. The highest BCUT2D eigenvalue weighted by Gasteiger charge is 2.12. The highest BCUT2D eigenvalue weighted by Crippen LogP contribution is 2.21. The van der Waals surface area contributed by atoms with Crippen molar-refractivity contribution in [3.63, 3.8) is 0 Å². The highest BCUT2D eigenvalue weighted by molar-refractivity contribution is 7.80. The summed E-state index contributed by atoms with van der Waals surface area (Å²) in [6.07, 6.45) is 0.985. The predicted octanol–water partition coefficient (Wildman–Crippen LogP) is 1.29. The largest absolute Gasteiger partial charge is 0.496 e. The van der Waals surface area contributed by atoms with E-state index in [0.717, 1.165) is 24.1 Å². The average molecular weight is 309 g/mol. The minimum absolute atomic E-state index is 0.00942. The van der Waals surface area contributed by atoms with Crippen LogP contribution in [0.4, 0.5) is 0 Å². The SMILES string of the molecule is CCCN(CC(=O)NC)Cc1ccc(C(N)=S)c(OC)c1. The Balaban J connectivity index is 2.88. The van der Waals surface area contributed by atoms with Crippen molar-refractivity contribution >= 4 is 23.1 Å². The van der Waals surface area contributed by atoms with Crippen LogP contribution in [0.25, 0.3) is 0 Å². The molecule has 0 bridgehead atoms. The average Bonchev–Trinajstić information content (AvgIpc) is 2.46. The lowest BCUT2D eigenvalue weighted by Gasteiger charge is -2.21. The molecule has 0 radical (unpaired) electrons. The molecule has 1 rings (SSSR count). The van der Waals surface area contributed by atoms with Crippen molar-refractivity contribution in [2.75, 3.05) is 27.2 Å². The summed E-state index contributed by atoms with van der Waals surface area (Å²) in [6.45, 7) is 4.00. The summed E-state index contributed by atoms with van der Waals surface area (Å²) in [4.78, 5) is 13.9. The number of nitrogens with zero attached hydrogens (tertiary/aromatic N) is 1. The maximum atomic E-state index is 11.5. The van der Waals surface area contributed by atoms with Gasteiger partial charge in [0.2, 0.25) is 5.91 Å². The van der Waals surface area contributed by atoms with E-state index in [2.05, 4.69) is 17.1 Å². The number of nitrogens with one attached hydrogen (secondary N) is 1. The standard InChI is InChI=1S/C15H23N3O2S/c1-4-7-18(10-14(19)17-2)9-11-5-6-12(15(16)21)13(8-11)20-3/h5-6,8H,4,7,9-10H2,1-3H3,(H2,16,21)(H,17,19). The van der Waals surface area contributed by atoms with Gasteiger partial charge in [0.25, 0.3) is 0 Å². The third-order valence-corrected chi connectivity index (χ3v) is 3.34. The molecular weight excluding hydrogens is 286 g/mol. The number of carbonyl (C=O) groups is 1. The zero-order valence-electron chi connectivity index (χ0n) is 12.8. The molecule has 0 aliphatic carbocycles. The molecule has 0 heterocycles. The molecule has 6 heteroatoms. The third-order valence-electron chi connectivity index (χ3n) is 3.12. The molecule has 0 unspecified atom stereocenters. The maximum Gasteiger partial charge on any atom is 0.233 e. The number of rotatable bonds is 8. The molecule has 1 aromatic carbocycles. The van der Waals surface area contributed by atoms with Crippen LogP contribution in [-0.2, 0) is 11.3 Å². The summed E-state index contributed by atoms with van der Waals surface area (Å²) in [5, 5.41) is 2.65. The molecule has 21 heavy (non-hydrogen) atoms. The fraction of sp³-hybridized carbons (Fsp3) is 0.467. The van der Waals surface area contributed by atoms with E-state index in [0.29, 0.717) is 23.8 Å². The van der Waals surface area contributed by atoms with E-state index in [9.17, 15) is 4.79 Å². The molecule has 0 aliphatic rings. The summed E-state index contributed by atoms with van der Waals surface area (Å²) in [5.41, 5.74) is 7.45. The smallest absolute Gasteiger partial charge is 0.233 e. The molecule has 0 atom stereocenters. The first-order valence-electron chi connectivity index (χ1n) is 6.91. The van der Waals surface area contributed by atoms with Crippen molar-refractivity contribution in [1.82, 2.24) is 10.2 Å². The second kappa shape index (κ2) is 8.59. The minimum atomic E-state index is 0.00942. The predicted molar refractivity (Wildman–Crippen MR) is 88.5 cm³/mol. The Labute approximate surface area is 131 Å². The Bertz CT molecular complexity index is 506. The number of likely N-dealkylation sites (N-methyl/N-ethyl adjacent to an activating group) is 1. The van der Waals surface area contributed by atoms with Crippen molar-refractivity contribution in [1.29, 1.82) is 0 Å². The molecular formula is C15H23N3O2S. The fourth-order valence-electron chi connectivity index (χ4n) is 2.11. The van der Waals surface area contributed by atoms with Crippen molar-refractivity contribution in [2.24, 2.45) is 5.73 Å². The molecule has 116 valence electrons. The van der Waals surface area contributed by atoms with Gasteiger partial charge in [-0.15, -0.1) is 0 Å². The first kappa shape index (κ1) is 17.4. The van der Waals surface area contributed by atoms with E-state index in [1.165, 1.54) is 0 Å². The zero-order valence-corrected chi connectivity index (χ0v) is 13.6.